The summed E-state index contributed by atoms with van der Waals surface area (Å²) >= 11 is 5.85. The molecule has 1 aromatic heterocycles. The molecule has 0 aromatic carbocycles. The summed E-state index contributed by atoms with van der Waals surface area (Å²) in [5.74, 6) is -0.364. The minimum Gasteiger partial charge on any atom is -0.377 e. The van der Waals surface area contributed by atoms with E-state index in [-0.39, 0.29) is 28.4 Å². The molecule has 1 atom stereocenters. The molecule has 1 saturated heterocycles. The van der Waals surface area contributed by atoms with Crippen molar-refractivity contribution in [2.24, 2.45) is 0 Å². The van der Waals surface area contributed by atoms with Gasteiger partial charge >= 0.3 is 0 Å². The maximum atomic E-state index is 12.3. The fourth-order valence-electron chi connectivity index (χ4n) is 1.87. The second-order valence-electron chi connectivity index (χ2n) is 4.21. The third kappa shape index (κ3) is 2.82. The number of ether oxygens (including phenoxy) is 1. The Morgan fingerprint density at radius 2 is 2.42 bits per heavy atom. The molecule has 102 valence electrons. The van der Waals surface area contributed by atoms with E-state index >= 15 is 0 Å². The number of halogens is 1. The number of carbonyl (C=O) groups is 1. The number of carbonyl (C=O) groups excluding carboxylic acids is 1. The minimum atomic E-state index is -0.608. The maximum absolute atomic E-state index is 12.3. The van der Waals surface area contributed by atoms with E-state index in [1.165, 1.54) is 0 Å². The summed E-state index contributed by atoms with van der Waals surface area (Å²) in [4.78, 5) is 27.7. The van der Waals surface area contributed by atoms with Gasteiger partial charge in [0, 0.05) is 12.6 Å². The van der Waals surface area contributed by atoms with E-state index in [9.17, 15) is 14.9 Å². The molecule has 0 bridgehead atoms. The van der Waals surface area contributed by atoms with E-state index < -0.39 is 4.92 Å². The predicted octanol–water partition coefficient (Wildman–Crippen LogP) is 1.50. The molecule has 1 aliphatic heterocycles. The fraction of sp³-hybridized carbons (Fsp3) is 0.455. The van der Waals surface area contributed by atoms with E-state index in [2.05, 4.69) is 4.98 Å². The molecule has 1 fully saturated rings. The van der Waals surface area contributed by atoms with Crippen molar-refractivity contribution in [1.29, 1.82) is 0 Å². The summed E-state index contributed by atoms with van der Waals surface area (Å²) < 4.78 is 5.24. The van der Waals surface area contributed by atoms with E-state index in [4.69, 9.17) is 16.3 Å². The number of nitrogens with zero attached hydrogens (tertiary/aromatic N) is 3. The lowest BCUT2D eigenvalue weighted by Gasteiger charge is -2.33. The molecular weight excluding hydrogens is 274 g/mol. The molecule has 7 nitrogen and oxygen atoms in total. The van der Waals surface area contributed by atoms with Gasteiger partial charge in [-0.2, -0.15) is 0 Å². The van der Waals surface area contributed by atoms with Crippen LogP contribution in [0.15, 0.2) is 12.3 Å². The van der Waals surface area contributed by atoms with E-state index in [1.54, 1.807) is 4.90 Å². The van der Waals surface area contributed by atoms with E-state index in [0.717, 1.165) is 12.3 Å². The van der Waals surface area contributed by atoms with Crippen molar-refractivity contribution in [1.82, 2.24) is 9.88 Å². The Bertz CT molecular complexity index is 523. The Kier molecular flexibility index (Phi) is 3.96. The van der Waals surface area contributed by atoms with Crippen molar-refractivity contribution >= 4 is 23.2 Å². The summed E-state index contributed by atoms with van der Waals surface area (Å²) in [7, 11) is 0. The van der Waals surface area contributed by atoms with Gasteiger partial charge in [0.1, 0.15) is 11.3 Å². The summed E-state index contributed by atoms with van der Waals surface area (Å²) in [5, 5.41) is 10.7. The van der Waals surface area contributed by atoms with Gasteiger partial charge in [-0.15, -0.1) is 0 Å². The van der Waals surface area contributed by atoms with Crippen LogP contribution in [0.3, 0.4) is 0 Å². The monoisotopic (exact) mass is 285 g/mol. The van der Waals surface area contributed by atoms with E-state index in [0.29, 0.717) is 19.8 Å². The first-order chi connectivity index (χ1) is 9.00. The van der Waals surface area contributed by atoms with Crippen LogP contribution in [0, 0.1) is 10.1 Å². The molecule has 1 amide bonds. The predicted molar refractivity (Wildman–Crippen MR) is 67.2 cm³/mol. The van der Waals surface area contributed by atoms with Crippen molar-refractivity contribution < 1.29 is 14.5 Å². The number of nitro groups is 1. The Labute approximate surface area is 114 Å². The maximum Gasteiger partial charge on any atom is 0.288 e. The lowest BCUT2D eigenvalue weighted by molar-refractivity contribution is -0.385. The Hall–Kier alpha value is -1.73. The zero-order valence-electron chi connectivity index (χ0n) is 10.2. The van der Waals surface area contributed by atoms with Gasteiger partial charge in [-0.05, 0) is 6.92 Å². The van der Waals surface area contributed by atoms with Crippen LogP contribution >= 0.6 is 11.6 Å². The molecule has 19 heavy (non-hydrogen) atoms. The average Bonchev–Trinajstić information content (AvgIpc) is 2.38. The molecular formula is C11H12ClN3O4. The topological polar surface area (TPSA) is 85.6 Å². The number of aromatic nitrogens is 1. The second kappa shape index (κ2) is 5.50. The van der Waals surface area contributed by atoms with Gasteiger partial charge < -0.3 is 9.64 Å². The van der Waals surface area contributed by atoms with Crippen LogP contribution in [0.5, 0.6) is 0 Å². The van der Waals surface area contributed by atoms with Gasteiger partial charge in [0.2, 0.25) is 0 Å². The molecule has 0 saturated carbocycles. The van der Waals surface area contributed by atoms with Crippen LogP contribution in [0.25, 0.3) is 0 Å². The molecule has 1 aromatic rings. The molecule has 0 radical (unpaired) electrons. The summed E-state index contributed by atoms with van der Waals surface area (Å²) in [6.45, 7) is 3.15. The molecule has 1 unspecified atom stereocenters. The molecule has 1 aliphatic rings. The fourth-order valence-corrected chi connectivity index (χ4v) is 2.05. The number of morpholine rings is 1. The number of rotatable bonds is 2. The van der Waals surface area contributed by atoms with Crippen LogP contribution in [-0.4, -0.2) is 46.5 Å². The Morgan fingerprint density at radius 1 is 1.68 bits per heavy atom. The van der Waals surface area contributed by atoms with Crippen molar-refractivity contribution in [3.63, 3.8) is 0 Å². The van der Waals surface area contributed by atoms with Crippen LogP contribution < -0.4 is 0 Å². The first-order valence-corrected chi connectivity index (χ1v) is 6.07. The number of amides is 1. The highest BCUT2D eigenvalue weighted by Crippen LogP contribution is 2.22. The Morgan fingerprint density at radius 3 is 3.05 bits per heavy atom. The Balaban J connectivity index is 2.32. The first-order valence-electron chi connectivity index (χ1n) is 5.69. The van der Waals surface area contributed by atoms with Gasteiger partial charge in [-0.3, -0.25) is 14.9 Å². The summed E-state index contributed by atoms with van der Waals surface area (Å²) in [5.41, 5.74) is -0.210. The average molecular weight is 286 g/mol. The van der Waals surface area contributed by atoms with Crippen molar-refractivity contribution in [3.05, 3.63) is 33.1 Å². The van der Waals surface area contributed by atoms with Crippen LogP contribution in [0.4, 0.5) is 5.69 Å². The lowest BCUT2D eigenvalue weighted by Crippen LogP contribution is -2.47. The highest BCUT2D eigenvalue weighted by Gasteiger charge is 2.27. The quantitative estimate of drug-likeness (QED) is 0.467. The number of hydrogen-bond donors (Lipinski definition) is 0. The zero-order valence-corrected chi connectivity index (χ0v) is 11.0. The smallest absolute Gasteiger partial charge is 0.288 e. The molecule has 2 heterocycles. The van der Waals surface area contributed by atoms with E-state index in [1.807, 2.05) is 6.92 Å². The van der Waals surface area contributed by atoms with Gasteiger partial charge in [0.05, 0.1) is 29.7 Å². The van der Waals surface area contributed by atoms with Crippen molar-refractivity contribution in [2.75, 3.05) is 19.8 Å². The summed E-state index contributed by atoms with van der Waals surface area (Å²) in [6.07, 6.45) is 1.03. The third-order valence-corrected chi connectivity index (χ3v) is 3.20. The molecule has 0 spiro atoms. The molecule has 2 rings (SSSR count). The lowest BCUT2D eigenvalue weighted by atomic mass is 10.2. The highest BCUT2D eigenvalue weighted by atomic mass is 35.5. The van der Waals surface area contributed by atoms with Crippen molar-refractivity contribution in [3.8, 4) is 0 Å². The molecule has 0 aliphatic carbocycles. The summed E-state index contributed by atoms with van der Waals surface area (Å²) in [6, 6.07) is 1.05. The van der Waals surface area contributed by atoms with Gasteiger partial charge in [-0.25, -0.2) is 4.98 Å². The molecule has 0 N–H and O–H groups in total. The van der Waals surface area contributed by atoms with Gasteiger partial charge in [-0.1, -0.05) is 11.6 Å². The second-order valence-corrected chi connectivity index (χ2v) is 4.57. The van der Waals surface area contributed by atoms with Crippen molar-refractivity contribution in [2.45, 2.75) is 13.0 Å². The van der Waals surface area contributed by atoms with Crippen LogP contribution in [0.2, 0.25) is 5.15 Å². The molecule has 8 heteroatoms. The largest absolute Gasteiger partial charge is 0.377 e. The van der Waals surface area contributed by atoms with Gasteiger partial charge in [0.25, 0.3) is 11.6 Å². The third-order valence-electron chi connectivity index (χ3n) is 2.89. The normalized spacial score (nSPS) is 19.3. The minimum absolute atomic E-state index is 0.0331. The number of hydrogen-bond acceptors (Lipinski definition) is 5. The number of pyridine rings is 1. The highest BCUT2D eigenvalue weighted by molar-refractivity contribution is 6.32. The zero-order chi connectivity index (χ0) is 14.0. The van der Waals surface area contributed by atoms with Gasteiger partial charge in [0.15, 0.2) is 0 Å². The SMILES string of the molecule is CC1COCCN1C(=O)c1cc([N+](=O)[O-])cnc1Cl. The standard InChI is InChI=1S/C11H12ClN3O4/c1-7-6-19-3-2-14(7)11(16)9-4-8(15(17)18)5-13-10(9)12/h4-5,7H,2-3,6H2,1H3. The first kappa shape index (κ1) is 13.7. The van der Waals surface area contributed by atoms with Crippen LogP contribution in [-0.2, 0) is 4.74 Å². The van der Waals surface area contributed by atoms with Crippen LogP contribution in [0.1, 0.15) is 17.3 Å².